The summed E-state index contributed by atoms with van der Waals surface area (Å²) in [6, 6.07) is 5.57. The van der Waals surface area contributed by atoms with Gasteiger partial charge in [0.2, 0.25) is 5.84 Å². The van der Waals surface area contributed by atoms with Gasteiger partial charge in [-0.25, -0.2) is 0 Å². The molecule has 2 rings (SSSR count). The number of nitrogens with zero attached hydrogens (tertiary/aromatic N) is 5. The zero-order valence-corrected chi connectivity index (χ0v) is 13.0. The summed E-state index contributed by atoms with van der Waals surface area (Å²) in [5.74, 6) is 0.480. The van der Waals surface area contributed by atoms with E-state index in [-0.39, 0.29) is 6.17 Å². The Hall–Kier alpha value is -2.37. The zero-order valence-electron chi connectivity index (χ0n) is 13.0. The molecule has 1 aromatic rings. The molecule has 0 bridgehead atoms. The third-order valence-electron chi connectivity index (χ3n) is 2.41. The number of hydrazone groups is 1. The standard InChI is InChI=1S/C13H16N6.C2H6/c1-3-7-10(14-4-2)12-16-18-13(19-17-12)11-8-5-6-9-15-11;1-2/h3,5-9,12,16H,4H2,1-2H3;1-2H3/b7-3-,14-10?;. The van der Waals surface area contributed by atoms with Crippen LogP contribution in [0.1, 0.15) is 33.4 Å². The summed E-state index contributed by atoms with van der Waals surface area (Å²) in [5.41, 5.74) is 4.45. The molecule has 1 unspecified atom stereocenters. The van der Waals surface area contributed by atoms with Crippen molar-refractivity contribution >= 4 is 11.5 Å². The van der Waals surface area contributed by atoms with E-state index in [4.69, 9.17) is 0 Å². The van der Waals surface area contributed by atoms with Gasteiger partial charge in [0.25, 0.3) is 0 Å². The quantitative estimate of drug-likeness (QED) is 0.863. The Morgan fingerprint density at radius 3 is 2.71 bits per heavy atom. The van der Waals surface area contributed by atoms with Crippen molar-refractivity contribution in [3.8, 4) is 0 Å². The summed E-state index contributed by atoms with van der Waals surface area (Å²) in [5, 5.41) is 12.5. The van der Waals surface area contributed by atoms with Gasteiger partial charge in [0.05, 0.1) is 5.71 Å². The average molecular weight is 286 g/mol. The molecule has 0 saturated carbocycles. The SMILES string of the molecule is C/C=C\C(=NCC)C1N=NC(c2ccccn2)=NN1.CC. The minimum atomic E-state index is -0.330. The summed E-state index contributed by atoms with van der Waals surface area (Å²) in [6.45, 7) is 8.62. The molecule has 6 heteroatoms. The number of azo groups is 1. The van der Waals surface area contributed by atoms with Crippen molar-refractivity contribution < 1.29 is 0 Å². The first-order valence-corrected chi connectivity index (χ1v) is 7.17. The number of rotatable bonds is 4. The van der Waals surface area contributed by atoms with Gasteiger partial charge in [-0.3, -0.25) is 15.4 Å². The molecule has 0 fully saturated rings. The lowest BCUT2D eigenvalue weighted by atomic mass is 10.2. The van der Waals surface area contributed by atoms with Gasteiger partial charge in [-0.05, 0) is 32.1 Å². The van der Waals surface area contributed by atoms with Crippen LogP contribution in [0.5, 0.6) is 0 Å². The lowest BCUT2D eigenvalue weighted by Crippen LogP contribution is -2.34. The van der Waals surface area contributed by atoms with Crippen LogP contribution in [0, 0.1) is 0 Å². The van der Waals surface area contributed by atoms with E-state index in [1.807, 2.05) is 58.0 Å². The Labute approximate surface area is 125 Å². The molecule has 1 aliphatic heterocycles. The maximum atomic E-state index is 4.36. The zero-order chi connectivity index (χ0) is 15.5. The van der Waals surface area contributed by atoms with Crippen LogP contribution in [-0.2, 0) is 0 Å². The number of pyridine rings is 1. The minimum absolute atomic E-state index is 0.330. The molecule has 0 saturated heterocycles. The summed E-state index contributed by atoms with van der Waals surface area (Å²) in [7, 11) is 0. The number of aromatic nitrogens is 1. The van der Waals surface area contributed by atoms with Crippen LogP contribution in [0.15, 0.2) is 56.9 Å². The highest BCUT2D eigenvalue weighted by atomic mass is 15.5. The average Bonchev–Trinajstić information content (AvgIpc) is 2.57. The molecule has 0 amide bonds. The fourth-order valence-corrected chi connectivity index (χ4v) is 1.60. The monoisotopic (exact) mass is 286 g/mol. The van der Waals surface area contributed by atoms with E-state index in [9.17, 15) is 0 Å². The number of aliphatic imine (C=N–C) groups is 1. The number of amidine groups is 1. The molecule has 1 atom stereocenters. The molecule has 2 heterocycles. The molecule has 21 heavy (non-hydrogen) atoms. The van der Waals surface area contributed by atoms with Gasteiger partial charge >= 0.3 is 0 Å². The Kier molecular flexibility index (Phi) is 7.56. The molecular weight excluding hydrogens is 264 g/mol. The van der Waals surface area contributed by atoms with Crippen molar-refractivity contribution in [2.75, 3.05) is 6.54 Å². The number of hydrogen-bond donors (Lipinski definition) is 1. The Balaban J connectivity index is 0.00000106. The van der Waals surface area contributed by atoms with Gasteiger partial charge in [-0.15, -0.1) is 5.11 Å². The van der Waals surface area contributed by atoms with Crippen LogP contribution in [-0.4, -0.2) is 29.2 Å². The topological polar surface area (TPSA) is 74.4 Å². The van der Waals surface area contributed by atoms with E-state index in [2.05, 4.69) is 30.7 Å². The second-order valence-corrected chi connectivity index (χ2v) is 3.80. The predicted octanol–water partition coefficient (Wildman–Crippen LogP) is 3.19. The molecule has 1 aliphatic rings. The fourth-order valence-electron chi connectivity index (χ4n) is 1.60. The normalized spacial score (nSPS) is 17.8. The lowest BCUT2D eigenvalue weighted by Gasteiger charge is -2.15. The molecule has 0 spiro atoms. The maximum absolute atomic E-state index is 4.36. The molecule has 0 aliphatic carbocycles. The van der Waals surface area contributed by atoms with E-state index in [1.165, 1.54) is 0 Å². The Bertz CT molecular complexity index is 530. The van der Waals surface area contributed by atoms with Crippen LogP contribution in [0.4, 0.5) is 0 Å². The summed E-state index contributed by atoms with van der Waals surface area (Å²) in [6.07, 6.45) is 5.19. The second-order valence-electron chi connectivity index (χ2n) is 3.80. The van der Waals surface area contributed by atoms with Gasteiger partial charge in [0.15, 0.2) is 6.17 Å². The third kappa shape index (κ3) is 4.91. The summed E-state index contributed by atoms with van der Waals surface area (Å²) >= 11 is 0. The second kappa shape index (κ2) is 9.52. The Morgan fingerprint density at radius 2 is 2.19 bits per heavy atom. The molecule has 0 radical (unpaired) electrons. The third-order valence-corrected chi connectivity index (χ3v) is 2.41. The van der Waals surface area contributed by atoms with E-state index in [1.54, 1.807) is 6.20 Å². The van der Waals surface area contributed by atoms with Gasteiger partial charge < -0.3 is 0 Å². The van der Waals surface area contributed by atoms with Crippen molar-refractivity contribution in [2.24, 2.45) is 20.3 Å². The molecule has 6 nitrogen and oxygen atoms in total. The highest BCUT2D eigenvalue weighted by molar-refractivity contribution is 6.01. The van der Waals surface area contributed by atoms with Crippen molar-refractivity contribution in [1.29, 1.82) is 0 Å². The van der Waals surface area contributed by atoms with Crippen LogP contribution in [0.3, 0.4) is 0 Å². The maximum Gasteiger partial charge on any atom is 0.218 e. The Morgan fingerprint density at radius 1 is 1.38 bits per heavy atom. The fraction of sp³-hybridized carbons (Fsp3) is 0.400. The van der Waals surface area contributed by atoms with E-state index in [0.29, 0.717) is 18.1 Å². The van der Waals surface area contributed by atoms with Gasteiger partial charge in [-0.1, -0.05) is 26.0 Å². The van der Waals surface area contributed by atoms with Crippen LogP contribution in [0.2, 0.25) is 0 Å². The number of allylic oxidation sites excluding steroid dienone is 1. The van der Waals surface area contributed by atoms with Crippen LogP contribution in [0.25, 0.3) is 0 Å². The predicted molar refractivity (Wildman–Crippen MR) is 86.7 cm³/mol. The molecule has 0 aromatic carbocycles. The minimum Gasteiger partial charge on any atom is -0.286 e. The first kappa shape index (κ1) is 16.7. The molecule has 1 aromatic heterocycles. The van der Waals surface area contributed by atoms with E-state index < -0.39 is 0 Å². The van der Waals surface area contributed by atoms with Crippen LogP contribution >= 0.6 is 0 Å². The van der Waals surface area contributed by atoms with Crippen molar-refractivity contribution in [1.82, 2.24) is 10.4 Å². The van der Waals surface area contributed by atoms with Gasteiger partial charge in [0.1, 0.15) is 5.69 Å². The molecule has 1 N–H and O–H groups in total. The number of nitrogens with one attached hydrogen (secondary N) is 1. The summed E-state index contributed by atoms with van der Waals surface area (Å²) in [4.78, 5) is 8.54. The number of hydrogen-bond acceptors (Lipinski definition) is 6. The first-order valence-electron chi connectivity index (χ1n) is 7.17. The highest BCUT2D eigenvalue weighted by Crippen LogP contribution is 2.06. The lowest BCUT2D eigenvalue weighted by molar-refractivity contribution is 0.630. The first-order chi connectivity index (χ1) is 10.3. The molecular formula is C15H22N6. The molecule has 112 valence electrons. The van der Waals surface area contributed by atoms with E-state index in [0.717, 1.165) is 5.71 Å². The van der Waals surface area contributed by atoms with Gasteiger partial charge in [0, 0.05) is 12.7 Å². The largest absolute Gasteiger partial charge is 0.286 e. The van der Waals surface area contributed by atoms with Crippen LogP contribution < -0.4 is 5.43 Å². The van der Waals surface area contributed by atoms with Crippen molar-refractivity contribution in [3.05, 3.63) is 42.2 Å². The van der Waals surface area contributed by atoms with Gasteiger partial charge in [-0.2, -0.15) is 10.2 Å². The summed E-state index contributed by atoms with van der Waals surface area (Å²) < 4.78 is 0. The van der Waals surface area contributed by atoms with E-state index >= 15 is 0 Å². The van der Waals surface area contributed by atoms with Crippen molar-refractivity contribution in [3.63, 3.8) is 0 Å². The highest BCUT2D eigenvalue weighted by Gasteiger charge is 2.17. The smallest absolute Gasteiger partial charge is 0.218 e. The van der Waals surface area contributed by atoms with Crippen molar-refractivity contribution in [2.45, 2.75) is 33.9 Å².